The SMILES string of the molecule is Cc1ccc(/C=C\C(=O)N(C[C@@H]2CCCO2)[C@@H]2CCSC2)c(C)c1. The van der Waals surface area contributed by atoms with Gasteiger partial charge in [0.2, 0.25) is 5.91 Å². The highest BCUT2D eigenvalue weighted by molar-refractivity contribution is 7.99. The number of hydrogen-bond donors (Lipinski definition) is 0. The molecule has 0 bridgehead atoms. The Morgan fingerprint density at radius 2 is 2.25 bits per heavy atom. The highest BCUT2D eigenvalue weighted by atomic mass is 32.2. The molecule has 0 saturated carbocycles. The lowest BCUT2D eigenvalue weighted by molar-refractivity contribution is -0.129. The second-order valence-electron chi connectivity index (χ2n) is 6.84. The molecule has 24 heavy (non-hydrogen) atoms. The Kier molecular flexibility index (Phi) is 6.01. The normalized spacial score (nSPS) is 23.9. The Balaban J connectivity index is 1.70. The Hall–Kier alpha value is -1.26. The van der Waals surface area contributed by atoms with E-state index in [0.717, 1.165) is 49.5 Å². The predicted octanol–water partition coefficient (Wildman–Crippen LogP) is 3.83. The van der Waals surface area contributed by atoms with Gasteiger partial charge >= 0.3 is 0 Å². The van der Waals surface area contributed by atoms with Crippen molar-refractivity contribution in [1.29, 1.82) is 0 Å². The third-order valence-corrected chi connectivity index (χ3v) is 6.03. The summed E-state index contributed by atoms with van der Waals surface area (Å²) >= 11 is 1.95. The molecule has 0 unspecified atom stereocenters. The predicted molar refractivity (Wildman–Crippen MR) is 101 cm³/mol. The minimum atomic E-state index is 0.123. The van der Waals surface area contributed by atoms with Gasteiger partial charge in [-0.2, -0.15) is 11.8 Å². The van der Waals surface area contributed by atoms with Gasteiger partial charge in [-0.3, -0.25) is 4.79 Å². The number of thioether (sulfide) groups is 1. The van der Waals surface area contributed by atoms with Crippen LogP contribution in [0.15, 0.2) is 24.3 Å². The molecule has 1 aromatic rings. The van der Waals surface area contributed by atoms with Gasteiger partial charge < -0.3 is 9.64 Å². The largest absolute Gasteiger partial charge is 0.376 e. The molecule has 1 aromatic carbocycles. The summed E-state index contributed by atoms with van der Waals surface area (Å²) in [6.45, 7) is 5.76. The summed E-state index contributed by atoms with van der Waals surface area (Å²) in [5, 5.41) is 0. The van der Waals surface area contributed by atoms with Crippen LogP contribution in [0.25, 0.3) is 6.08 Å². The first-order valence-electron chi connectivity index (χ1n) is 8.89. The lowest BCUT2D eigenvalue weighted by Gasteiger charge is -2.29. The van der Waals surface area contributed by atoms with Gasteiger partial charge in [0.15, 0.2) is 0 Å². The van der Waals surface area contributed by atoms with Crippen LogP contribution < -0.4 is 0 Å². The maximum Gasteiger partial charge on any atom is 0.246 e. The van der Waals surface area contributed by atoms with Crippen LogP contribution in [-0.2, 0) is 9.53 Å². The average molecular weight is 346 g/mol. The molecule has 3 rings (SSSR count). The van der Waals surface area contributed by atoms with E-state index in [1.807, 2.05) is 17.8 Å². The van der Waals surface area contributed by atoms with Gasteiger partial charge in [-0.25, -0.2) is 0 Å². The maximum absolute atomic E-state index is 12.8. The number of nitrogens with zero attached hydrogens (tertiary/aromatic N) is 1. The van der Waals surface area contributed by atoms with Crippen molar-refractivity contribution in [3.05, 3.63) is 41.0 Å². The van der Waals surface area contributed by atoms with E-state index in [4.69, 9.17) is 4.74 Å². The Morgan fingerprint density at radius 3 is 2.92 bits per heavy atom. The topological polar surface area (TPSA) is 29.5 Å². The van der Waals surface area contributed by atoms with E-state index in [1.165, 1.54) is 11.1 Å². The summed E-state index contributed by atoms with van der Waals surface area (Å²) in [4.78, 5) is 14.9. The number of carbonyl (C=O) groups is 1. The van der Waals surface area contributed by atoms with Crippen LogP contribution in [0.3, 0.4) is 0 Å². The van der Waals surface area contributed by atoms with Crippen LogP contribution in [0, 0.1) is 13.8 Å². The fourth-order valence-electron chi connectivity index (χ4n) is 3.46. The zero-order valence-electron chi connectivity index (χ0n) is 14.7. The van der Waals surface area contributed by atoms with Gasteiger partial charge in [0, 0.05) is 31.0 Å². The third-order valence-electron chi connectivity index (χ3n) is 4.88. The summed E-state index contributed by atoms with van der Waals surface area (Å²) in [5.41, 5.74) is 3.58. The molecule has 3 nitrogen and oxygen atoms in total. The third kappa shape index (κ3) is 4.42. The molecule has 2 atom stereocenters. The van der Waals surface area contributed by atoms with Gasteiger partial charge in [0.05, 0.1) is 6.10 Å². The van der Waals surface area contributed by atoms with Crippen LogP contribution in [0.5, 0.6) is 0 Å². The number of hydrogen-bond acceptors (Lipinski definition) is 3. The number of amides is 1. The highest BCUT2D eigenvalue weighted by Crippen LogP contribution is 2.25. The molecule has 0 N–H and O–H groups in total. The smallest absolute Gasteiger partial charge is 0.246 e. The van der Waals surface area contributed by atoms with Crippen molar-refractivity contribution in [2.45, 2.75) is 45.3 Å². The Labute approximate surface area is 149 Å². The van der Waals surface area contributed by atoms with E-state index in [-0.39, 0.29) is 12.0 Å². The van der Waals surface area contributed by atoms with E-state index in [0.29, 0.717) is 6.04 Å². The van der Waals surface area contributed by atoms with Crippen LogP contribution in [-0.4, -0.2) is 47.6 Å². The number of aryl methyl sites for hydroxylation is 2. The van der Waals surface area contributed by atoms with Gasteiger partial charge in [0.1, 0.15) is 0 Å². The number of rotatable bonds is 5. The van der Waals surface area contributed by atoms with Crippen molar-refractivity contribution in [1.82, 2.24) is 4.90 Å². The second kappa shape index (κ2) is 8.21. The minimum Gasteiger partial charge on any atom is -0.376 e. The molecule has 130 valence electrons. The Bertz CT molecular complexity index is 602. The molecule has 2 saturated heterocycles. The molecule has 0 aliphatic carbocycles. The summed E-state index contributed by atoms with van der Waals surface area (Å²) in [7, 11) is 0. The zero-order valence-corrected chi connectivity index (χ0v) is 15.5. The van der Waals surface area contributed by atoms with Crippen molar-refractivity contribution >= 4 is 23.7 Å². The van der Waals surface area contributed by atoms with Crippen LogP contribution in [0.4, 0.5) is 0 Å². The molecule has 2 heterocycles. The van der Waals surface area contributed by atoms with E-state index in [2.05, 4.69) is 36.9 Å². The first kappa shape index (κ1) is 17.6. The van der Waals surface area contributed by atoms with Gasteiger partial charge in [-0.15, -0.1) is 0 Å². The van der Waals surface area contributed by atoms with Crippen molar-refractivity contribution < 1.29 is 9.53 Å². The van der Waals surface area contributed by atoms with Crippen molar-refractivity contribution in [3.8, 4) is 0 Å². The standard InChI is InChI=1S/C20H27NO2S/c1-15-5-6-17(16(2)12-15)7-8-20(22)21(18-9-11-24-14-18)13-19-4-3-10-23-19/h5-8,12,18-19H,3-4,9-11,13-14H2,1-2H3/b8-7-/t18-,19+/m1/s1. The van der Waals surface area contributed by atoms with Crippen LogP contribution in [0.2, 0.25) is 0 Å². The zero-order chi connectivity index (χ0) is 16.9. The fourth-order valence-corrected chi connectivity index (χ4v) is 4.69. The monoisotopic (exact) mass is 345 g/mol. The molecule has 0 spiro atoms. The average Bonchev–Trinajstić information content (AvgIpc) is 3.25. The quantitative estimate of drug-likeness (QED) is 0.760. The summed E-state index contributed by atoms with van der Waals surface area (Å²) < 4.78 is 5.76. The molecule has 1 amide bonds. The molecular formula is C20H27NO2S. The van der Waals surface area contributed by atoms with Crippen LogP contribution >= 0.6 is 11.8 Å². The molecule has 0 radical (unpaired) electrons. The van der Waals surface area contributed by atoms with Crippen molar-refractivity contribution in [2.75, 3.05) is 24.7 Å². The summed E-state index contributed by atoms with van der Waals surface area (Å²) in [6.07, 6.45) is 7.21. The van der Waals surface area contributed by atoms with Gasteiger partial charge in [-0.1, -0.05) is 23.8 Å². The molecular weight excluding hydrogens is 318 g/mol. The van der Waals surface area contributed by atoms with Gasteiger partial charge in [0.25, 0.3) is 0 Å². The lowest BCUT2D eigenvalue weighted by atomic mass is 10.1. The first-order valence-corrected chi connectivity index (χ1v) is 10.0. The molecule has 0 aromatic heterocycles. The number of carbonyl (C=O) groups excluding carboxylic acids is 1. The summed E-state index contributed by atoms with van der Waals surface area (Å²) in [6, 6.07) is 6.69. The molecule has 2 fully saturated rings. The van der Waals surface area contributed by atoms with E-state index in [9.17, 15) is 4.79 Å². The van der Waals surface area contributed by atoms with Crippen molar-refractivity contribution in [3.63, 3.8) is 0 Å². The van der Waals surface area contributed by atoms with E-state index >= 15 is 0 Å². The van der Waals surface area contributed by atoms with E-state index < -0.39 is 0 Å². The van der Waals surface area contributed by atoms with E-state index in [1.54, 1.807) is 6.08 Å². The van der Waals surface area contributed by atoms with Gasteiger partial charge in [-0.05, 0) is 56.1 Å². The molecule has 2 aliphatic rings. The summed E-state index contributed by atoms with van der Waals surface area (Å²) in [5.74, 6) is 2.33. The first-order chi connectivity index (χ1) is 11.6. The Morgan fingerprint density at radius 1 is 1.38 bits per heavy atom. The highest BCUT2D eigenvalue weighted by Gasteiger charge is 2.29. The number of ether oxygens (including phenoxy) is 1. The second-order valence-corrected chi connectivity index (χ2v) is 7.99. The number of benzene rings is 1. The maximum atomic E-state index is 12.8. The lowest BCUT2D eigenvalue weighted by Crippen LogP contribution is -2.44. The molecule has 4 heteroatoms. The molecule has 2 aliphatic heterocycles. The van der Waals surface area contributed by atoms with Crippen LogP contribution in [0.1, 0.15) is 36.0 Å². The van der Waals surface area contributed by atoms with Crippen molar-refractivity contribution in [2.24, 2.45) is 0 Å². The fraction of sp³-hybridized carbons (Fsp3) is 0.550. The minimum absolute atomic E-state index is 0.123.